The number of phenols is 1. The van der Waals surface area contributed by atoms with Gasteiger partial charge in [-0.05, 0) is 43.0 Å². The predicted octanol–water partition coefficient (Wildman–Crippen LogP) is 4.57. The van der Waals surface area contributed by atoms with Crippen LogP contribution in [-0.2, 0) is 0 Å². The van der Waals surface area contributed by atoms with E-state index in [2.05, 4.69) is 34.2 Å². The molecule has 0 spiro atoms. The lowest BCUT2D eigenvalue weighted by Crippen LogP contribution is -2.51. The molecule has 2 aromatic carbocycles. The topological polar surface area (TPSA) is 60.3 Å². The second-order valence-electron chi connectivity index (χ2n) is 8.63. The summed E-state index contributed by atoms with van der Waals surface area (Å²) >= 11 is 0. The van der Waals surface area contributed by atoms with Gasteiger partial charge in [-0.25, -0.2) is 4.99 Å². The number of phenolic OH excluding ortho intramolecular Hbond substituents is 1. The molecule has 2 N–H and O–H groups in total. The summed E-state index contributed by atoms with van der Waals surface area (Å²) in [7, 11) is 1.71. The molecule has 0 amide bonds. The molecule has 2 fully saturated rings. The van der Waals surface area contributed by atoms with Crippen LogP contribution in [0.15, 0.2) is 53.5 Å². The van der Waals surface area contributed by atoms with Gasteiger partial charge in [0.1, 0.15) is 11.5 Å². The summed E-state index contributed by atoms with van der Waals surface area (Å²) in [5.41, 5.74) is 2.07. The number of rotatable bonds is 4. The molecule has 31 heavy (non-hydrogen) atoms. The molecule has 0 radical (unpaired) electrons. The fourth-order valence-corrected chi connectivity index (χ4v) is 4.53. The number of anilines is 2. The minimum absolute atomic E-state index is 0.262. The second kappa shape index (κ2) is 9.94. The van der Waals surface area contributed by atoms with Gasteiger partial charge in [-0.15, -0.1) is 0 Å². The molecule has 2 aliphatic rings. The molecule has 2 aromatic rings. The van der Waals surface area contributed by atoms with Crippen LogP contribution in [0.3, 0.4) is 0 Å². The van der Waals surface area contributed by atoms with Gasteiger partial charge in [0, 0.05) is 49.7 Å². The van der Waals surface area contributed by atoms with E-state index in [0.717, 1.165) is 50.0 Å². The predicted molar refractivity (Wildman–Crippen MR) is 127 cm³/mol. The number of benzene rings is 2. The molecular formula is C25H34N4O2. The number of methoxy groups -OCH3 is 1. The normalized spacial score (nSPS) is 22.3. The Bertz CT molecular complexity index is 893. The number of hydrogen-bond donors (Lipinski definition) is 2. The van der Waals surface area contributed by atoms with Gasteiger partial charge in [0.05, 0.1) is 13.2 Å². The molecule has 1 saturated heterocycles. The molecule has 1 saturated carbocycles. The summed E-state index contributed by atoms with van der Waals surface area (Å²) < 4.78 is 5.39. The fraction of sp³-hybridized carbons (Fsp3) is 0.480. The summed E-state index contributed by atoms with van der Waals surface area (Å²) in [5.74, 6) is 2.68. The molecule has 4 rings (SSSR count). The van der Waals surface area contributed by atoms with Gasteiger partial charge in [-0.1, -0.05) is 31.9 Å². The zero-order valence-corrected chi connectivity index (χ0v) is 18.6. The standard InChI is InChI=1S/C25H34N4O2/c1-19-7-3-4-12-24(19)27-25(26-20-8-5-10-22(30)17-20)29-15-13-28(14-16-29)21-9-6-11-23(18-21)31-2/h5-6,8-11,17-19,24,30H,3-4,7,12-16H2,1-2H3,(H,26,27). The molecule has 1 aliphatic carbocycles. The van der Waals surface area contributed by atoms with Gasteiger partial charge in [-0.3, -0.25) is 0 Å². The third kappa shape index (κ3) is 5.43. The maximum Gasteiger partial charge on any atom is 0.198 e. The molecule has 1 heterocycles. The maximum atomic E-state index is 9.89. The second-order valence-corrected chi connectivity index (χ2v) is 8.63. The lowest BCUT2D eigenvalue weighted by atomic mass is 9.86. The van der Waals surface area contributed by atoms with Crippen LogP contribution in [-0.4, -0.2) is 55.3 Å². The van der Waals surface area contributed by atoms with Crippen LogP contribution in [0.4, 0.5) is 11.4 Å². The maximum absolute atomic E-state index is 9.89. The van der Waals surface area contributed by atoms with E-state index < -0.39 is 0 Å². The Kier molecular flexibility index (Phi) is 6.85. The summed E-state index contributed by atoms with van der Waals surface area (Å²) in [5, 5.41) is 13.4. The van der Waals surface area contributed by atoms with E-state index in [1.54, 1.807) is 19.2 Å². The Labute approximate surface area is 185 Å². The summed E-state index contributed by atoms with van der Waals surface area (Å²) in [6, 6.07) is 15.9. The highest BCUT2D eigenvalue weighted by Gasteiger charge is 2.25. The number of aliphatic imine (C=N–C) groups is 1. The lowest BCUT2D eigenvalue weighted by molar-refractivity contribution is 0.323. The Hall–Kier alpha value is -2.89. The molecule has 2 unspecified atom stereocenters. The Balaban J connectivity index is 1.50. The largest absolute Gasteiger partial charge is 0.508 e. The highest BCUT2D eigenvalue weighted by Crippen LogP contribution is 2.28. The van der Waals surface area contributed by atoms with E-state index >= 15 is 0 Å². The number of nitrogens with one attached hydrogen (secondary N) is 1. The van der Waals surface area contributed by atoms with Gasteiger partial charge in [0.2, 0.25) is 0 Å². The van der Waals surface area contributed by atoms with Crippen molar-refractivity contribution in [1.82, 2.24) is 4.90 Å². The van der Waals surface area contributed by atoms with Gasteiger partial charge in [-0.2, -0.15) is 0 Å². The van der Waals surface area contributed by atoms with Crippen LogP contribution in [0.2, 0.25) is 0 Å². The monoisotopic (exact) mass is 422 g/mol. The first-order valence-electron chi connectivity index (χ1n) is 11.4. The number of hydrogen-bond acceptors (Lipinski definition) is 4. The zero-order chi connectivity index (χ0) is 21.6. The highest BCUT2D eigenvalue weighted by molar-refractivity contribution is 5.94. The summed E-state index contributed by atoms with van der Waals surface area (Å²) in [4.78, 5) is 9.95. The van der Waals surface area contributed by atoms with Crippen molar-refractivity contribution >= 4 is 17.3 Å². The molecule has 6 heteroatoms. The van der Waals surface area contributed by atoms with Crippen molar-refractivity contribution in [3.8, 4) is 11.5 Å². The Morgan fingerprint density at radius 2 is 1.81 bits per heavy atom. The molecule has 1 aliphatic heterocycles. The molecule has 6 nitrogen and oxygen atoms in total. The number of nitrogens with zero attached hydrogens (tertiary/aromatic N) is 3. The van der Waals surface area contributed by atoms with Gasteiger partial charge >= 0.3 is 0 Å². The van der Waals surface area contributed by atoms with E-state index in [9.17, 15) is 5.11 Å². The van der Waals surface area contributed by atoms with Gasteiger partial charge < -0.3 is 25.0 Å². The Morgan fingerprint density at radius 3 is 2.55 bits per heavy atom. The first kappa shape index (κ1) is 21.3. The number of ether oxygens (including phenoxy) is 1. The average molecular weight is 423 g/mol. The minimum atomic E-state index is 0.262. The van der Waals surface area contributed by atoms with Gasteiger partial charge in [0.25, 0.3) is 0 Å². The number of aromatic hydroxyl groups is 1. The van der Waals surface area contributed by atoms with E-state index in [1.807, 2.05) is 24.3 Å². The van der Waals surface area contributed by atoms with Crippen LogP contribution in [0, 0.1) is 5.92 Å². The van der Waals surface area contributed by atoms with Crippen LogP contribution in [0.25, 0.3) is 0 Å². The first-order valence-corrected chi connectivity index (χ1v) is 11.4. The van der Waals surface area contributed by atoms with Gasteiger partial charge in [0.15, 0.2) is 5.96 Å². The fourth-order valence-electron chi connectivity index (χ4n) is 4.53. The lowest BCUT2D eigenvalue weighted by Gasteiger charge is -2.38. The summed E-state index contributed by atoms with van der Waals surface area (Å²) in [6.45, 7) is 5.95. The first-order chi connectivity index (χ1) is 15.1. The average Bonchev–Trinajstić information content (AvgIpc) is 2.80. The van der Waals surface area contributed by atoms with Crippen molar-refractivity contribution in [1.29, 1.82) is 0 Å². The quantitative estimate of drug-likeness (QED) is 0.558. The third-order valence-corrected chi connectivity index (χ3v) is 6.45. The van der Waals surface area contributed by atoms with Crippen molar-refractivity contribution < 1.29 is 9.84 Å². The third-order valence-electron chi connectivity index (χ3n) is 6.45. The van der Waals surface area contributed by atoms with Crippen molar-refractivity contribution in [2.24, 2.45) is 10.9 Å². The smallest absolute Gasteiger partial charge is 0.198 e. The Morgan fingerprint density at radius 1 is 1.03 bits per heavy atom. The van der Waals surface area contributed by atoms with E-state index in [-0.39, 0.29) is 5.75 Å². The van der Waals surface area contributed by atoms with Crippen molar-refractivity contribution in [2.75, 3.05) is 43.5 Å². The van der Waals surface area contributed by atoms with E-state index in [4.69, 9.17) is 9.73 Å². The van der Waals surface area contributed by atoms with E-state index in [0.29, 0.717) is 12.0 Å². The molecule has 0 bridgehead atoms. The molecular weight excluding hydrogens is 388 g/mol. The van der Waals surface area contributed by atoms with Crippen molar-refractivity contribution in [2.45, 2.75) is 38.6 Å². The van der Waals surface area contributed by atoms with E-state index in [1.165, 1.54) is 24.9 Å². The number of piperazine rings is 1. The van der Waals surface area contributed by atoms with Crippen molar-refractivity contribution in [3.05, 3.63) is 48.5 Å². The number of guanidine groups is 1. The molecule has 0 aromatic heterocycles. The van der Waals surface area contributed by atoms with Crippen LogP contribution in [0.5, 0.6) is 11.5 Å². The highest BCUT2D eigenvalue weighted by atomic mass is 16.5. The summed E-state index contributed by atoms with van der Waals surface area (Å²) in [6.07, 6.45) is 4.95. The van der Waals surface area contributed by atoms with Crippen LogP contribution in [0.1, 0.15) is 32.6 Å². The minimum Gasteiger partial charge on any atom is -0.508 e. The van der Waals surface area contributed by atoms with Crippen LogP contribution >= 0.6 is 0 Å². The SMILES string of the molecule is COc1cccc(N2CCN(C(=NC3CCCCC3C)Nc3cccc(O)c3)CC2)c1. The van der Waals surface area contributed by atoms with Crippen LogP contribution < -0.4 is 15.0 Å². The zero-order valence-electron chi connectivity index (χ0n) is 18.6. The van der Waals surface area contributed by atoms with Crippen molar-refractivity contribution in [3.63, 3.8) is 0 Å². The molecule has 2 atom stereocenters. The molecule has 166 valence electrons.